The fraction of sp³-hybridized carbons (Fsp3) is 0.722. The molecule has 0 amide bonds. The zero-order valence-electron chi connectivity index (χ0n) is 23.9. The van der Waals surface area contributed by atoms with Crippen molar-refractivity contribution < 1.29 is 18.9 Å². The van der Waals surface area contributed by atoms with Gasteiger partial charge in [0, 0.05) is 10.9 Å². The molecule has 2 atom stereocenters. The summed E-state index contributed by atoms with van der Waals surface area (Å²) in [4.78, 5) is 0. The lowest BCUT2D eigenvalue weighted by atomic mass is 9.47. The van der Waals surface area contributed by atoms with Crippen molar-refractivity contribution in [3.63, 3.8) is 0 Å². The van der Waals surface area contributed by atoms with E-state index in [-0.39, 0.29) is 17.6 Å². The van der Waals surface area contributed by atoms with Gasteiger partial charge < -0.3 is 18.9 Å². The fourth-order valence-electron chi connectivity index (χ4n) is 12.0. The Morgan fingerprint density at radius 1 is 0.550 bits per heavy atom. The molecule has 2 saturated heterocycles. The van der Waals surface area contributed by atoms with Crippen molar-refractivity contribution in [2.45, 2.75) is 100 Å². The van der Waals surface area contributed by atoms with E-state index < -0.39 is 0 Å². The van der Waals surface area contributed by atoms with Crippen LogP contribution in [0, 0.1) is 35.5 Å². The molecule has 0 N–H and O–H groups in total. The standard InChI is InChI=1S/C36H44O4/c1-2-33(39-19-27-17-37-27)30-9-32(36-14-24-6-25(15-36)8-26(7-24)16-36)34(40-20-28-18-38-28)10-29(30)31(1)35-11-21-3-22(12-35)5-23(4-21)13-35/h1-2,9-10,21-28H,3-8,11-20H2. The van der Waals surface area contributed by atoms with Crippen molar-refractivity contribution in [1.29, 1.82) is 0 Å². The Morgan fingerprint density at radius 2 is 1.00 bits per heavy atom. The van der Waals surface area contributed by atoms with Crippen molar-refractivity contribution in [1.82, 2.24) is 0 Å². The normalized spacial score (nSPS) is 45.3. The van der Waals surface area contributed by atoms with E-state index in [1.807, 2.05) is 0 Å². The van der Waals surface area contributed by atoms with Gasteiger partial charge in [-0.2, -0.15) is 0 Å². The van der Waals surface area contributed by atoms with Gasteiger partial charge in [-0.15, -0.1) is 0 Å². The molecule has 4 nitrogen and oxygen atoms in total. The van der Waals surface area contributed by atoms with Crippen LogP contribution in [0.1, 0.15) is 88.2 Å². The summed E-state index contributed by atoms with van der Waals surface area (Å²) in [6.07, 6.45) is 17.6. The molecule has 8 saturated carbocycles. The number of rotatable bonds is 8. The third-order valence-electron chi connectivity index (χ3n) is 13.0. The first-order chi connectivity index (χ1) is 19.6. The van der Waals surface area contributed by atoms with E-state index in [1.165, 1.54) is 99.1 Å². The zero-order chi connectivity index (χ0) is 26.1. The Bertz CT molecular complexity index is 1280. The zero-order valence-corrected chi connectivity index (χ0v) is 23.9. The van der Waals surface area contributed by atoms with Crippen molar-refractivity contribution in [3.8, 4) is 11.5 Å². The molecular formula is C36H44O4. The van der Waals surface area contributed by atoms with E-state index in [4.69, 9.17) is 18.9 Å². The minimum absolute atomic E-state index is 0.265. The summed E-state index contributed by atoms with van der Waals surface area (Å²) in [6, 6.07) is 9.89. The average molecular weight is 541 g/mol. The van der Waals surface area contributed by atoms with Gasteiger partial charge >= 0.3 is 0 Å². The number of ether oxygens (including phenoxy) is 4. The molecule has 0 radical (unpaired) electrons. The van der Waals surface area contributed by atoms with E-state index in [0.717, 1.165) is 54.5 Å². The van der Waals surface area contributed by atoms with Crippen LogP contribution in [0.15, 0.2) is 24.3 Å². The Kier molecular flexibility index (Phi) is 4.99. The maximum atomic E-state index is 6.79. The maximum Gasteiger partial charge on any atom is 0.127 e. The van der Waals surface area contributed by atoms with E-state index in [0.29, 0.717) is 18.6 Å². The molecule has 8 bridgehead atoms. The molecule has 2 heterocycles. The first-order valence-electron chi connectivity index (χ1n) is 16.7. The van der Waals surface area contributed by atoms with E-state index in [1.54, 1.807) is 5.56 Å². The van der Waals surface area contributed by atoms with Gasteiger partial charge in [0.05, 0.1) is 13.2 Å². The van der Waals surface area contributed by atoms with Crippen LogP contribution in [0.25, 0.3) is 10.8 Å². The van der Waals surface area contributed by atoms with Gasteiger partial charge in [0.15, 0.2) is 0 Å². The molecule has 0 aromatic heterocycles. The number of hydrogen-bond acceptors (Lipinski definition) is 4. The van der Waals surface area contributed by atoms with Gasteiger partial charge in [-0.05, 0) is 153 Å². The third-order valence-corrected chi connectivity index (χ3v) is 13.0. The van der Waals surface area contributed by atoms with Crippen molar-refractivity contribution in [2.24, 2.45) is 35.5 Å². The van der Waals surface area contributed by atoms with Crippen LogP contribution in [-0.4, -0.2) is 38.6 Å². The average Bonchev–Trinajstić information content (AvgIpc) is 3.84. The molecule has 12 rings (SSSR count). The molecular weight excluding hydrogens is 496 g/mol. The Hall–Kier alpha value is -1.78. The molecule has 8 aliphatic carbocycles. The summed E-state index contributed by atoms with van der Waals surface area (Å²) in [5.41, 5.74) is 3.71. The van der Waals surface area contributed by atoms with Crippen LogP contribution in [0.5, 0.6) is 11.5 Å². The second-order valence-electron chi connectivity index (χ2n) is 15.9. The lowest BCUT2D eigenvalue weighted by Gasteiger charge is -2.57. The molecule has 2 unspecified atom stereocenters. The highest BCUT2D eigenvalue weighted by molar-refractivity contribution is 5.94. The highest BCUT2D eigenvalue weighted by Crippen LogP contribution is 2.64. The van der Waals surface area contributed by atoms with Crippen LogP contribution < -0.4 is 9.47 Å². The number of benzene rings is 2. The second-order valence-corrected chi connectivity index (χ2v) is 15.9. The van der Waals surface area contributed by atoms with Crippen molar-refractivity contribution in [2.75, 3.05) is 26.4 Å². The molecule has 10 aliphatic rings. The number of hydrogen-bond donors (Lipinski definition) is 0. The summed E-state index contributed by atoms with van der Waals surface area (Å²) < 4.78 is 24.5. The smallest absolute Gasteiger partial charge is 0.127 e. The van der Waals surface area contributed by atoms with E-state index >= 15 is 0 Å². The quantitative estimate of drug-likeness (QED) is 0.329. The molecule has 212 valence electrons. The van der Waals surface area contributed by atoms with Gasteiger partial charge in [0.2, 0.25) is 0 Å². The Labute approximate surface area is 238 Å². The van der Waals surface area contributed by atoms with Crippen LogP contribution in [0.2, 0.25) is 0 Å². The molecule has 2 aromatic carbocycles. The predicted octanol–water partition coefficient (Wildman–Crippen LogP) is 7.33. The fourth-order valence-corrected chi connectivity index (χ4v) is 12.0. The summed E-state index contributed by atoms with van der Waals surface area (Å²) in [5, 5.41) is 2.76. The monoisotopic (exact) mass is 540 g/mol. The first-order valence-corrected chi connectivity index (χ1v) is 16.7. The van der Waals surface area contributed by atoms with E-state index in [2.05, 4.69) is 24.3 Å². The third kappa shape index (κ3) is 3.77. The summed E-state index contributed by atoms with van der Waals surface area (Å²) in [6.45, 7) is 3.03. The first kappa shape index (κ1) is 23.7. The van der Waals surface area contributed by atoms with Gasteiger partial charge in [-0.1, -0.05) is 6.07 Å². The summed E-state index contributed by atoms with van der Waals surface area (Å²) in [7, 11) is 0. The predicted molar refractivity (Wildman–Crippen MR) is 154 cm³/mol. The summed E-state index contributed by atoms with van der Waals surface area (Å²) in [5.74, 6) is 7.73. The topological polar surface area (TPSA) is 43.5 Å². The van der Waals surface area contributed by atoms with E-state index in [9.17, 15) is 0 Å². The molecule has 10 fully saturated rings. The Morgan fingerprint density at radius 3 is 1.48 bits per heavy atom. The lowest BCUT2D eigenvalue weighted by Crippen LogP contribution is -2.49. The highest BCUT2D eigenvalue weighted by Gasteiger charge is 2.54. The SMILES string of the molecule is c1cc(C23CC4CC(CC(C4)C2)C3)c2cc(OCC3CO3)c(C34CC5CC(CC(C5)C3)C4)cc2c1OCC1CO1. The van der Waals surface area contributed by atoms with Crippen LogP contribution >= 0.6 is 0 Å². The molecule has 2 aliphatic heterocycles. The van der Waals surface area contributed by atoms with Gasteiger partial charge in [0.1, 0.15) is 36.9 Å². The molecule has 0 spiro atoms. The highest BCUT2D eigenvalue weighted by atomic mass is 16.6. The lowest BCUT2D eigenvalue weighted by molar-refractivity contribution is -0.00641. The van der Waals surface area contributed by atoms with Gasteiger partial charge in [0.25, 0.3) is 0 Å². The number of epoxide rings is 2. The van der Waals surface area contributed by atoms with Crippen LogP contribution in [0.3, 0.4) is 0 Å². The van der Waals surface area contributed by atoms with Gasteiger partial charge in [-0.3, -0.25) is 0 Å². The van der Waals surface area contributed by atoms with Crippen LogP contribution in [-0.2, 0) is 20.3 Å². The Balaban J connectivity index is 1.15. The molecule has 2 aromatic rings. The van der Waals surface area contributed by atoms with Gasteiger partial charge in [-0.25, -0.2) is 0 Å². The maximum absolute atomic E-state index is 6.79. The minimum Gasteiger partial charge on any atom is -0.490 e. The van der Waals surface area contributed by atoms with Crippen molar-refractivity contribution >= 4 is 10.8 Å². The summed E-state index contributed by atoms with van der Waals surface area (Å²) >= 11 is 0. The molecule has 4 heteroatoms. The minimum atomic E-state index is 0.265. The van der Waals surface area contributed by atoms with Crippen molar-refractivity contribution in [3.05, 3.63) is 35.4 Å². The number of fused-ring (bicyclic) bond motifs is 1. The molecule has 40 heavy (non-hydrogen) atoms. The second kappa shape index (κ2) is 8.40. The van der Waals surface area contributed by atoms with Crippen LogP contribution in [0.4, 0.5) is 0 Å². The largest absolute Gasteiger partial charge is 0.490 e.